The van der Waals surface area contributed by atoms with Gasteiger partial charge in [-0.1, -0.05) is 12.1 Å². The number of nitrogens with zero attached hydrogens (tertiary/aromatic N) is 1. The molecule has 0 heterocycles. The van der Waals surface area contributed by atoms with Gasteiger partial charge in [0.25, 0.3) is 0 Å². The maximum Gasteiger partial charge on any atom is 0.389 e. The Morgan fingerprint density at radius 1 is 1.09 bits per heavy atom. The highest BCUT2D eigenvalue weighted by Crippen LogP contribution is 2.21. The Hall–Kier alpha value is -2.53. The third kappa shape index (κ3) is 12.9. The quantitative estimate of drug-likeness (QED) is 0.353. The van der Waals surface area contributed by atoms with Gasteiger partial charge in [-0.15, -0.1) is 0 Å². The SMILES string of the molecule is CCNC(=O)N(CCOCCCC(F)(F)F)CCOc1ccc(CC(OCC)C(=O)O)cc1. The topological polar surface area (TPSA) is 97.3 Å². The van der Waals surface area contributed by atoms with Gasteiger partial charge < -0.3 is 29.5 Å². The number of carboxylic acids is 1. The molecule has 0 radical (unpaired) electrons. The molecule has 0 saturated heterocycles. The van der Waals surface area contributed by atoms with Gasteiger partial charge >= 0.3 is 18.2 Å². The summed E-state index contributed by atoms with van der Waals surface area (Å²) in [6.07, 6.45) is -5.91. The number of halogens is 3. The lowest BCUT2D eigenvalue weighted by molar-refractivity contribution is -0.150. The summed E-state index contributed by atoms with van der Waals surface area (Å²) in [6.45, 7) is 5.01. The fraction of sp³-hybridized carbons (Fsp3) is 0.636. The lowest BCUT2D eigenvalue weighted by atomic mass is 10.1. The van der Waals surface area contributed by atoms with E-state index in [-0.39, 0.29) is 51.8 Å². The Labute approximate surface area is 192 Å². The molecule has 0 aliphatic rings. The van der Waals surface area contributed by atoms with Gasteiger partial charge in [-0.3, -0.25) is 0 Å². The summed E-state index contributed by atoms with van der Waals surface area (Å²) in [4.78, 5) is 24.9. The molecule has 11 heteroatoms. The molecule has 2 N–H and O–H groups in total. The third-order valence-corrected chi connectivity index (χ3v) is 4.49. The molecule has 188 valence electrons. The minimum absolute atomic E-state index is 0.0301. The van der Waals surface area contributed by atoms with Gasteiger partial charge in [0.1, 0.15) is 12.4 Å². The van der Waals surface area contributed by atoms with Gasteiger partial charge in [0.2, 0.25) is 0 Å². The van der Waals surface area contributed by atoms with E-state index in [4.69, 9.17) is 19.3 Å². The van der Waals surface area contributed by atoms with E-state index >= 15 is 0 Å². The van der Waals surface area contributed by atoms with Crippen molar-refractivity contribution in [3.63, 3.8) is 0 Å². The summed E-state index contributed by atoms with van der Waals surface area (Å²) in [5.74, 6) is -0.465. The summed E-state index contributed by atoms with van der Waals surface area (Å²) < 4.78 is 52.5. The van der Waals surface area contributed by atoms with E-state index in [9.17, 15) is 22.8 Å². The first-order chi connectivity index (χ1) is 15.7. The number of urea groups is 1. The molecule has 1 aromatic carbocycles. The van der Waals surface area contributed by atoms with Gasteiger partial charge in [-0.25, -0.2) is 9.59 Å². The van der Waals surface area contributed by atoms with Crippen molar-refractivity contribution in [3.05, 3.63) is 29.8 Å². The van der Waals surface area contributed by atoms with Crippen LogP contribution in [0.15, 0.2) is 24.3 Å². The number of carbonyl (C=O) groups excluding carboxylic acids is 1. The summed E-state index contributed by atoms with van der Waals surface area (Å²) in [5.41, 5.74) is 0.787. The molecule has 1 rings (SSSR count). The molecule has 1 unspecified atom stereocenters. The zero-order valence-corrected chi connectivity index (χ0v) is 19.0. The van der Waals surface area contributed by atoms with Crippen LogP contribution in [0.4, 0.5) is 18.0 Å². The summed E-state index contributed by atoms with van der Waals surface area (Å²) >= 11 is 0. The van der Waals surface area contributed by atoms with Crippen LogP contribution in [0.25, 0.3) is 0 Å². The van der Waals surface area contributed by atoms with Crippen LogP contribution in [0.1, 0.15) is 32.3 Å². The number of hydrogen-bond donors (Lipinski definition) is 2. The van der Waals surface area contributed by atoms with Crippen molar-refractivity contribution in [2.45, 2.75) is 45.4 Å². The van der Waals surface area contributed by atoms with E-state index in [0.717, 1.165) is 5.56 Å². The van der Waals surface area contributed by atoms with Crippen molar-refractivity contribution in [1.82, 2.24) is 10.2 Å². The first-order valence-electron chi connectivity index (χ1n) is 10.9. The molecule has 0 aliphatic heterocycles. The van der Waals surface area contributed by atoms with E-state index < -0.39 is 24.7 Å². The predicted octanol–water partition coefficient (Wildman–Crippen LogP) is 3.49. The maximum atomic E-state index is 12.2. The molecule has 0 saturated carbocycles. The molecule has 0 aliphatic carbocycles. The maximum absolute atomic E-state index is 12.2. The second-order valence-corrected chi connectivity index (χ2v) is 7.13. The first-order valence-corrected chi connectivity index (χ1v) is 10.9. The molecule has 1 aromatic rings. The monoisotopic (exact) mass is 478 g/mol. The molecule has 0 aromatic heterocycles. The standard InChI is InChI=1S/C22H33F3N2O6/c1-3-26-21(30)27(11-14-31-13-5-10-22(23,24)25)12-15-33-18-8-6-17(7-9-18)16-19(20(28)29)32-4-2/h6-9,19H,3-5,10-16H2,1-2H3,(H,26,30)(H,28,29). The number of amides is 2. The van der Waals surface area contributed by atoms with E-state index in [1.54, 1.807) is 38.1 Å². The fourth-order valence-corrected chi connectivity index (χ4v) is 2.86. The highest BCUT2D eigenvalue weighted by atomic mass is 19.4. The van der Waals surface area contributed by atoms with Crippen molar-refractivity contribution in [3.8, 4) is 5.75 Å². The van der Waals surface area contributed by atoms with Gasteiger partial charge in [-0.05, 0) is 38.0 Å². The Balaban J connectivity index is 2.45. The highest BCUT2D eigenvalue weighted by molar-refractivity contribution is 5.74. The van der Waals surface area contributed by atoms with Crippen LogP contribution in [-0.4, -0.2) is 80.3 Å². The van der Waals surface area contributed by atoms with Crippen molar-refractivity contribution >= 4 is 12.0 Å². The minimum atomic E-state index is -4.20. The largest absolute Gasteiger partial charge is 0.492 e. The number of carboxylic acid groups (broad SMARTS) is 1. The second-order valence-electron chi connectivity index (χ2n) is 7.13. The Kier molecular flexibility index (Phi) is 13.2. The summed E-state index contributed by atoms with van der Waals surface area (Å²) in [5, 5.41) is 11.8. The van der Waals surface area contributed by atoms with Crippen molar-refractivity contribution in [2.75, 3.05) is 46.1 Å². The lowest BCUT2D eigenvalue weighted by Crippen LogP contribution is -2.43. The number of hydrogen-bond acceptors (Lipinski definition) is 5. The predicted molar refractivity (Wildman–Crippen MR) is 115 cm³/mol. The zero-order chi connectivity index (χ0) is 24.7. The lowest BCUT2D eigenvalue weighted by Gasteiger charge is -2.23. The van der Waals surface area contributed by atoms with Gasteiger partial charge in [-0.2, -0.15) is 13.2 Å². The zero-order valence-electron chi connectivity index (χ0n) is 19.0. The van der Waals surface area contributed by atoms with Crippen molar-refractivity contribution in [1.29, 1.82) is 0 Å². The average molecular weight is 479 g/mol. The van der Waals surface area contributed by atoms with Crippen molar-refractivity contribution < 1.29 is 42.1 Å². The van der Waals surface area contributed by atoms with E-state index in [1.165, 1.54) is 4.90 Å². The van der Waals surface area contributed by atoms with Gasteiger partial charge in [0.05, 0.1) is 13.2 Å². The number of alkyl halides is 3. The normalized spacial score (nSPS) is 12.3. The number of nitrogens with one attached hydrogen (secondary N) is 1. The molecule has 2 amide bonds. The molecule has 1 atom stereocenters. The van der Waals surface area contributed by atoms with Crippen LogP contribution in [-0.2, 0) is 20.7 Å². The van der Waals surface area contributed by atoms with Crippen LogP contribution in [0.3, 0.4) is 0 Å². The molecule has 8 nitrogen and oxygen atoms in total. The first kappa shape index (κ1) is 28.5. The average Bonchev–Trinajstić information content (AvgIpc) is 2.75. The number of rotatable bonds is 16. The molecule has 0 fully saturated rings. The Morgan fingerprint density at radius 2 is 1.76 bits per heavy atom. The van der Waals surface area contributed by atoms with E-state index in [1.807, 2.05) is 0 Å². The number of benzene rings is 1. The molecule has 0 spiro atoms. The van der Waals surface area contributed by atoms with E-state index in [0.29, 0.717) is 18.9 Å². The number of carbonyl (C=O) groups is 2. The number of aliphatic carboxylic acids is 1. The van der Waals surface area contributed by atoms with Crippen LogP contribution < -0.4 is 10.1 Å². The second kappa shape index (κ2) is 15.3. The Morgan fingerprint density at radius 3 is 2.33 bits per heavy atom. The number of ether oxygens (including phenoxy) is 3. The van der Waals surface area contributed by atoms with Gasteiger partial charge in [0, 0.05) is 39.1 Å². The Bertz CT molecular complexity index is 700. The molecule has 0 bridgehead atoms. The summed E-state index contributed by atoms with van der Waals surface area (Å²) in [6, 6.07) is 6.60. The summed E-state index contributed by atoms with van der Waals surface area (Å²) in [7, 11) is 0. The molecular weight excluding hydrogens is 445 g/mol. The van der Waals surface area contributed by atoms with Crippen LogP contribution in [0.2, 0.25) is 0 Å². The fourth-order valence-electron chi connectivity index (χ4n) is 2.86. The van der Waals surface area contributed by atoms with E-state index in [2.05, 4.69) is 5.32 Å². The van der Waals surface area contributed by atoms with Crippen LogP contribution in [0.5, 0.6) is 5.75 Å². The smallest absolute Gasteiger partial charge is 0.389 e. The van der Waals surface area contributed by atoms with Crippen LogP contribution in [0, 0.1) is 0 Å². The highest BCUT2D eigenvalue weighted by Gasteiger charge is 2.26. The van der Waals surface area contributed by atoms with Crippen LogP contribution >= 0.6 is 0 Å². The molecule has 33 heavy (non-hydrogen) atoms. The minimum Gasteiger partial charge on any atom is -0.492 e. The van der Waals surface area contributed by atoms with Crippen molar-refractivity contribution in [2.24, 2.45) is 0 Å². The molecular formula is C22H33F3N2O6. The van der Waals surface area contributed by atoms with Gasteiger partial charge in [0.15, 0.2) is 6.10 Å². The third-order valence-electron chi connectivity index (χ3n) is 4.49.